The van der Waals surface area contributed by atoms with E-state index in [9.17, 15) is 14.4 Å². The van der Waals surface area contributed by atoms with Crippen LogP contribution >= 0.6 is 0 Å². The lowest BCUT2D eigenvalue weighted by Crippen LogP contribution is -2.43. The highest BCUT2D eigenvalue weighted by Crippen LogP contribution is 2.31. The number of hydrogen-bond acceptors (Lipinski definition) is 3. The van der Waals surface area contributed by atoms with E-state index in [1.165, 1.54) is 6.92 Å². The third-order valence-electron chi connectivity index (χ3n) is 4.68. The maximum atomic E-state index is 12.1. The molecule has 2 rings (SSSR count). The summed E-state index contributed by atoms with van der Waals surface area (Å²) in [7, 11) is 0. The van der Waals surface area contributed by atoms with Crippen molar-refractivity contribution in [2.45, 2.75) is 58.0 Å². The van der Waals surface area contributed by atoms with Gasteiger partial charge in [0.05, 0.1) is 5.92 Å². The van der Waals surface area contributed by atoms with Gasteiger partial charge in [0.2, 0.25) is 11.8 Å². The molecule has 1 heterocycles. The molecule has 6 heteroatoms. The summed E-state index contributed by atoms with van der Waals surface area (Å²) in [6.07, 6.45) is 4.46. The SMILES string of the molecule is CC1CCC(N2CC(C(=O)NC(C)C(=O)O)CC2=O)CC1. The number of hydrogen-bond donors (Lipinski definition) is 2. The molecule has 1 saturated heterocycles. The zero-order chi connectivity index (χ0) is 15.6. The summed E-state index contributed by atoms with van der Waals surface area (Å²) in [5.74, 6) is -1.07. The second-order valence-electron chi connectivity index (χ2n) is 6.43. The zero-order valence-corrected chi connectivity index (χ0v) is 12.7. The molecule has 0 aromatic heterocycles. The summed E-state index contributed by atoms with van der Waals surface area (Å²) in [6, 6.07) is -0.666. The normalized spacial score (nSPS) is 31.0. The van der Waals surface area contributed by atoms with Gasteiger partial charge in [-0.1, -0.05) is 6.92 Å². The van der Waals surface area contributed by atoms with Gasteiger partial charge in [-0.2, -0.15) is 0 Å². The largest absolute Gasteiger partial charge is 0.480 e. The Bertz CT molecular complexity index is 429. The third kappa shape index (κ3) is 3.74. The van der Waals surface area contributed by atoms with Gasteiger partial charge in [-0.15, -0.1) is 0 Å². The molecule has 2 amide bonds. The molecular weight excluding hydrogens is 272 g/mol. The van der Waals surface area contributed by atoms with E-state index in [-0.39, 0.29) is 24.3 Å². The van der Waals surface area contributed by atoms with E-state index in [0.717, 1.165) is 31.6 Å². The first-order valence-electron chi connectivity index (χ1n) is 7.71. The molecule has 2 fully saturated rings. The second-order valence-corrected chi connectivity index (χ2v) is 6.43. The van der Waals surface area contributed by atoms with Crippen LogP contribution in [0.2, 0.25) is 0 Å². The summed E-state index contributed by atoms with van der Waals surface area (Å²) in [5.41, 5.74) is 0. The number of carboxylic acids is 1. The molecule has 1 aliphatic carbocycles. The monoisotopic (exact) mass is 296 g/mol. The fraction of sp³-hybridized carbons (Fsp3) is 0.800. The minimum Gasteiger partial charge on any atom is -0.480 e. The van der Waals surface area contributed by atoms with Crippen LogP contribution < -0.4 is 5.32 Å². The summed E-state index contributed by atoms with van der Waals surface area (Å²) < 4.78 is 0. The fourth-order valence-corrected chi connectivity index (χ4v) is 3.21. The molecule has 2 N–H and O–H groups in total. The van der Waals surface area contributed by atoms with Crippen LogP contribution in [0.3, 0.4) is 0 Å². The van der Waals surface area contributed by atoms with Crippen LogP contribution in [-0.4, -0.2) is 46.4 Å². The second kappa shape index (κ2) is 6.45. The Morgan fingerprint density at radius 2 is 1.90 bits per heavy atom. The Kier molecular flexibility index (Phi) is 4.85. The summed E-state index contributed by atoms with van der Waals surface area (Å²) >= 11 is 0. The fourth-order valence-electron chi connectivity index (χ4n) is 3.21. The van der Waals surface area contributed by atoms with Crippen LogP contribution in [0.5, 0.6) is 0 Å². The minimum absolute atomic E-state index is 0.0256. The highest BCUT2D eigenvalue weighted by Gasteiger charge is 2.39. The van der Waals surface area contributed by atoms with Crippen molar-refractivity contribution >= 4 is 17.8 Å². The lowest BCUT2D eigenvalue weighted by molar-refractivity contribution is -0.141. The molecule has 1 saturated carbocycles. The van der Waals surface area contributed by atoms with Gasteiger partial charge in [-0.3, -0.25) is 14.4 Å². The molecule has 2 atom stereocenters. The van der Waals surface area contributed by atoms with Crippen molar-refractivity contribution in [3.8, 4) is 0 Å². The van der Waals surface area contributed by atoms with Crippen LogP contribution in [0.15, 0.2) is 0 Å². The van der Waals surface area contributed by atoms with Crippen molar-refractivity contribution in [2.24, 2.45) is 11.8 Å². The number of rotatable bonds is 4. The first-order chi connectivity index (χ1) is 9.88. The Balaban J connectivity index is 1.90. The maximum Gasteiger partial charge on any atom is 0.325 e. The summed E-state index contributed by atoms with van der Waals surface area (Å²) in [5, 5.41) is 11.3. The molecule has 2 aliphatic rings. The van der Waals surface area contributed by atoms with E-state index in [0.29, 0.717) is 6.54 Å². The van der Waals surface area contributed by atoms with Gasteiger partial charge in [-0.25, -0.2) is 0 Å². The van der Waals surface area contributed by atoms with Gasteiger partial charge in [0.25, 0.3) is 0 Å². The van der Waals surface area contributed by atoms with Gasteiger partial charge in [-0.05, 0) is 38.5 Å². The van der Waals surface area contributed by atoms with Gasteiger partial charge >= 0.3 is 5.97 Å². The molecule has 0 bridgehead atoms. The van der Waals surface area contributed by atoms with Crippen molar-refractivity contribution in [3.05, 3.63) is 0 Å². The van der Waals surface area contributed by atoms with Crippen molar-refractivity contribution in [3.63, 3.8) is 0 Å². The predicted molar refractivity (Wildman–Crippen MR) is 76.5 cm³/mol. The zero-order valence-electron chi connectivity index (χ0n) is 12.7. The number of aliphatic carboxylic acids is 1. The first kappa shape index (κ1) is 15.8. The van der Waals surface area contributed by atoms with Crippen molar-refractivity contribution in [2.75, 3.05) is 6.54 Å². The minimum atomic E-state index is -1.06. The number of nitrogens with one attached hydrogen (secondary N) is 1. The smallest absolute Gasteiger partial charge is 0.325 e. The maximum absolute atomic E-state index is 12.1. The summed E-state index contributed by atoms with van der Waals surface area (Å²) in [4.78, 5) is 36.8. The number of nitrogens with zero attached hydrogens (tertiary/aromatic N) is 1. The molecule has 21 heavy (non-hydrogen) atoms. The molecule has 0 radical (unpaired) electrons. The number of carbonyl (C=O) groups excluding carboxylic acids is 2. The first-order valence-corrected chi connectivity index (χ1v) is 7.71. The summed E-state index contributed by atoms with van der Waals surface area (Å²) in [6.45, 7) is 4.08. The molecule has 2 unspecified atom stereocenters. The molecule has 1 aliphatic heterocycles. The quantitative estimate of drug-likeness (QED) is 0.810. The molecular formula is C15H24N2O4. The predicted octanol–water partition coefficient (Wildman–Crippen LogP) is 1.00. The van der Waals surface area contributed by atoms with Gasteiger partial charge < -0.3 is 15.3 Å². The van der Waals surface area contributed by atoms with E-state index < -0.39 is 17.9 Å². The average Bonchev–Trinajstić information content (AvgIpc) is 2.81. The van der Waals surface area contributed by atoms with Crippen molar-refractivity contribution < 1.29 is 19.5 Å². The highest BCUT2D eigenvalue weighted by atomic mass is 16.4. The number of likely N-dealkylation sites (tertiary alicyclic amines) is 1. The average molecular weight is 296 g/mol. The molecule has 0 spiro atoms. The van der Waals surface area contributed by atoms with Crippen LogP contribution in [0.4, 0.5) is 0 Å². The van der Waals surface area contributed by atoms with Crippen molar-refractivity contribution in [1.82, 2.24) is 10.2 Å². The van der Waals surface area contributed by atoms with E-state index >= 15 is 0 Å². The standard InChI is InChI=1S/C15H24N2O4/c1-9-3-5-12(6-4-9)17-8-11(7-13(17)18)14(19)16-10(2)15(20)21/h9-12H,3-8H2,1-2H3,(H,16,19)(H,20,21). The number of carboxylic acid groups (broad SMARTS) is 1. The lowest BCUT2D eigenvalue weighted by atomic mass is 9.87. The van der Waals surface area contributed by atoms with Crippen LogP contribution in [0, 0.1) is 11.8 Å². The Morgan fingerprint density at radius 3 is 2.48 bits per heavy atom. The Hall–Kier alpha value is -1.59. The molecule has 0 aromatic carbocycles. The number of carbonyl (C=O) groups is 3. The third-order valence-corrected chi connectivity index (χ3v) is 4.68. The Morgan fingerprint density at radius 1 is 1.29 bits per heavy atom. The van der Waals surface area contributed by atoms with Crippen molar-refractivity contribution in [1.29, 1.82) is 0 Å². The van der Waals surface area contributed by atoms with E-state index in [1.807, 2.05) is 4.90 Å². The Labute approximate surface area is 124 Å². The van der Waals surface area contributed by atoms with Gasteiger partial charge in [0.1, 0.15) is 6.04 Å². The molecule has 6 nitrogen and oxygen atoms in total. The topological polar surface area (TPSA) is 86.7 Å². The molecule has 118 valence electrons. The van der Waals surface area contributed by atoms with E-state index in [2.05, 4.69) is 12.2 Å². The number of amides is 2. The van der Waals surface area contributed by atoms with E-state index in [1.54, 1.807) is 0 Å². The van der Waals surface area contributed by atoms with Crippen LogP contribution in [0.25, 0.3) is 0 Å². The van der Waals surface area contributed by atoms with Crippen LogP contribution in [-0.2, 0) is 14.4 Å². The molecule has 0 aromatic rings. The van der Waals surface area contributed by atoms with Gasteiger partial charge in [0, 0.05) is 19.0 Å². The van der Waals surface area contributed by atoms with Crippen LogP contribution in [0.1, 0.15) is 46.0 Å². The van der Waals surface area contributed by atoms with Gasteiger partial charge in [0.15, 0.2) is 0 Å². The lowest BCUT2D eigenvalue weighted by Gasteiger charge is -2.33. The highest BCUT2D eigenvalue weighted by molar-refractivity contribution is 5.91. The van der Waals surface area contributed by atoms with E-state index in [4.69, 9.17) is 5.11 Å².